The van der Waals surface area contributed by atoms with E-state index in [0.717, 1.165) is 21.3 Å². The first-order valence-electron chi connectivity index (χ1n) is 8.72. The first-order valence-corrected chi connectivity index (χ1v) is 9.60. The molecule has 2 amide bonds. The third-order valence-corrected chi connectivity index (χ3v) is 4.94. The monoisotopic (exact) mass is 381 g/mol. The number of nitrogens with one attached hydrogen (secondary N) is 1. The van der Waals surface area contributed by atoms with E-state index in [4.69, 9.17) is 0 Å². The van der Waals surface area contributed by atoms with Gasteiger partial charge in [0.05, 0.1) is 21.3 Å². The molecule has 0 unspecified atom stereocenters. The van der Waals surface area contributed by atoms with Gasteiger partial charge in [-0.15, -0.1) is 11.3 Å². The van der Waals surface area contributed by atoms with Crippen molar-refractivity contribution in [1.29, 1.82) is 0 Å². The number of benzene rings is 2. The minimum Gasteiger partial charge on any atom is -0.267 e. The van der Waals surface area contributed by atoms with E-state index in [1.165, 1.54) is 16.3 Å². The molecule has 1 N–H and O–H groups in total. The molecule has 3 aromatic rings. The summed E-state index contributed by atoms with van der Waals surface area (Å²) < 4.78 is 0.936. The third kappa shape index (κ3) is 4.17. The second-order valence-electron chi connectivity index (χ2n) is 7.66. The highest BCUT2D eigenvalue weighted by Crippen LogP contribution is 2.21. The van der Waals surface area contributed by atoms with E-state index in [2.05, 4.69) is 10.4 Å². The molecule has 3 rings (SSSR count). The van der Waals surface area contributed by atoms with Crippen LogP contribution in [0.4, 0.5) is 0 Å². The predicted octanol–water partition coefficient (Wildman–Crippen LogP) is 4.50. The zero-order valence-corrected chi connectivity index (χ0v) is 17.0. The van der Waals surface area contributed by atoms with Crippen LogP contribution in [0.15, 0.2) is 41.9 Å². The Balaban J connectivity index is 1.90. The smallest absolute Gasteiger partial charge is 0.267 e. The van der Waals surface area contributed by atoms with Crippen molar-refractivity contribution in [1.82, 2.24) is 15.4 Å². The second-order valence-corrected chi connectivity index (χ2v) is 8.55. The highest BCUT2D eigenvalue weighted by atomic mass is 32.1. The van der Waals surface area contributed by atoms with Crippen molar-refractivity contribution >= 4 is 33.4 Å². The Labute approximate surface area is 163 Å². The van der Waals surface area contributed by atoms with Gasteiger partial charge in [0.15, 0.2) is 0 Å². The summed E-state index contributed by atoms with van der Waals surface area (Å²) in [5.74, 6) is -0.556. The van der Waals surface area contributed by atoms with Crippen molar-refractivity contribution in [2.24, 2.45) is 0 Å². The Kier molecular flexibility index (Phi) is 5.02. The van der Waals surface area contributed by atoms with Crippen LogP contribution in [0.2, 0.25) is 0 Å². The maximum Gasteiger partial charge on any atom is 0.272 e. The van der Waals surface area contributed by atoms with Crippen molar-refractivity contribution < 1.29 is 9.59 Å². The van der Waals surface area contributed by atoms with Crippen LogP contribution >= 0.6 is 11.3 Å². The minimum absolute atomic E-state index is 0.235. The zero-order valence-electron chi connectivity index (χ0n) is 16.2. The van der Waals surface area contributed by atoms with Gasteiger partial charge in [0.1, 0.15) is 0 Å². The molecule has 0 radical (unpaired) electrons. The fraction of sp³-hybridized carbons (Fsp3) is 0.286. The van der Waals surface area contributed by atoms with Gasteiger partial charge in [0, 0.05) is 11.1 Å². The lowest BCUT2D eigenvalue weighted by Gasteiger charge is -2.35. The molecule has 0 atom stereocenters. The van der Waals surface area contributed by atoms with Crippen molar-refractivity contribution in [2.75, 3.05) is 0 Å². The number of aryl methyl sites for hydroxylation is 2. The van der Waals surface area contributed by atoms with E-state index in [9.17, 15) is 9.59 Å². The van der Waals surface area contributed by atoms with E-state index in [-0.39, 0.29) is 11.8 Å². The van der Waals surface area contributed by atoms with Crippen molar-refractivity contribution in [2.45, 2.75) is 40.2 Å². The van der Waals surface area contributed by atoms with Crippen LogP contribution in [0.5, 0.6) is 0 Å². The van der Waals surface area contributed by atoms with Crippen molar-refractivity contribution in [3.8, 4) is 0 Å². The lowest BCUT2D eigenvalue weighted by Crippen LogP contribution is -2.55. The van der Waals surface area contributed by atoms with Crippen LogP contribution in [-0.4, -0.2) is 27.3 Å². The number of hydrogen-bond acceptors (Lipinski definition) is 4. The average molecular weight is 382 g/mol. The predicted molar refractivity (Wildman–Crippen MR) is 109 cm³/mol. The lowest BCUT2D eigenvalue weighted by atomic mass is 10.0. The van der Waals surface area contributed by atoms with E-state index in [0.29, 0.717) is 11.1 Å². The Bertz CT molecular complexity index is 997. The van der Waals surface area contributed by atoms with Crippen molar-refractivity contribution in [3.63, 3.8) is 0 Å². The van der Waals surface area contributed by atoms with Crippen LogP contribution in [0, 0.1) is 13.8 Å². The zero-order chi connectivity index (χ0) is 19.8. The summed E-state index contributed by atoms with van der Waals surface area (Å²) in [6.07, 6.45) is 0. The number of carbonyl (C=O) groups is 2. The topological polar surface area (TPSA) is 62.3 Å². The minimum atomic E-state index is -0.584. The Morgan fingerprint density at radius 3 is 2.30 bits per heavy atom. The maximum atomic E-state index is 13.1. The summed E-state index contributed by atoms with van der Waals surface area (Å²) in [4.78, 5) is 30.2. The van der Waals surface area contributed by atoms with Gasteiger partial charge in [0.2, 0.25) is 0 Å². The lowest BCUT2D eigenvalue weighted by molar-refractivity contribution is 0.0358. The van der Waals surface area contributed by atoms with Gasteiger partial charge >= 0.3 is 0 Å². The normalized spacial score (nSPS) is 11.4. The molecular weight excluding hydrogens is 358 g/mol. The Morgan fingerprint density at radius 2 is 1.67 bits per heavy atom. The van der Waals surface area contributed by atoms with Crippen LogP contribution < -0.4 is 5.43 Å². The summed E-state index contributed by atoms with van der Waals surface area (Å²) in [5, 5.41) is 1.40. The fourth-order valence-corrected chi connectivity index (χ4v) is 3.63. The molecule has 6 heteroatoms. The van der Waals surface area contributed by atoms with Crippen LogP contribution in [0.1, 0.15) is 52.6 Å². The number of thiazole rings is 1. The summed E-state index contributed by atoms with van der Waals surface area (Å²) in [6.45, 7) is 9.57. The molecule has 0 saturated heterocycles. The van der Waals surface area contributed by atoms with E-state index in [1.807, 2.05) is 58.9 Å². The number of hydrazine groups is 1. The molecular formula is C21H23N3O2S. The van der Waals surface area contributed by atoms with Gasteiger partial charge in [-0.2, -0.15) is 0 Å². The third-order valence-electron chi connectivity index (χ3n) is 4.15. The number of hydrogen-bond donors (Lipinski definition) is 1. The summed E-state index contributed by atoms with van der Waals surface area (Å²) in [6, 6.07) is 11.0. The quantitative estimate of drug-likeness (QED) is 0.665. The van der Waals surface area contributed by atoms with Gasteiger partial charge < -0.3 is 0 Å². The van der Waals surface area contributed by atoms with Gasteiger partial charge in [-0.3, -0.25) is 15.0 Å². The number of carbonyl (C=O) groups excluding carboxylic acids is 2. The van der Waals surface area contributed by atoms with Gasteiger partial charge in [-0.25, -0.2) is 9.99 Å². The summed E-state index contributed by atoms with van der Waals surface area (Å²) >= 11 is 1.48. The molecule has 0 spiro atoms. The number of amides is 2. The first kappa shape index (κ1) is 19.0. The molecule has 0 aliphatic heterocycles. The molecule has 27 heavy (non-hydrogen) atoms. The van der Waals surface area contributed by atoms with Crippen LogP contribution in [-0.2, 0) is 0 Å². The van der Waals surface area contributed by atoms with Crippen LogP contribution in [0.3, 0.4) is 0 Å². The fourth-order valence-electron chi connectivity index (χ4n) is 2.91. The summed E-state index contributed by atoms with van der Waals surface area (Å²) in [5.41, 5.74) is 7.88. The summed E-state index contributed by atoms with van der Waals surface area (Å²) in [7, 11) is 0. The molecule has 1 aromatic heterocycles. The standard InChI is InChI=1S/C21H23N3O2S/c1-13-8-14(2)10-16(9-13)20(26)24(21(3,4)5)23-19(25)15-6-7-17-18(11-15)27-12-22-17/h6-12H,1-5H3,(H,23,25). The number of rotatable bonds is 2. The van der Waals surface area contributed by atoms with Crippen molar-refractivity contribution in [3.05, 3.63) is 64.2 Å². The highest BCUT2D eigenvalue weighted by Gasteiger charge is 2.30. The number of aromatic nitrogens is 1. The van der Waals surface area contributed by atoms with Gasteiger partial charge in [0.25, 0.3) is 11.8 Å². The molecule has 5 nitrogen and oxygen atoms in total. The van der Waals surface area contributed by atoms with Crippen LogP contribution in [0.25, 0.3) is 10.2 Å². The van der Waals surface area contributed by atoms with E-state index < -0.39 is 5.54 Å². The molecule has 140 valence electrons. The Morgan fingerprint density at radius 1 is 1.00 bits per heavy atom. The largest absolute Gasteiger partial charge is 0.272 e. The number of nitrogens with zero attached hydrogens (tertiary/aromatic N) is 2. The molecule has 0 aliphatic carbocycles. The molecule has 0 bridgehead atoms. The molecule has 0 fully saturated rings. The van der Waals surface area contributed by atoms with Gasteiger partial charge in [-0.05, 0) is 65.0 Å². The molecule has 0 saturated carbocycles. The molecule has 1 heterocycles. The molecule has 0 aliphatic rings. The Hall–Kier alpha value is -2.73. The van der Waals surface area contributed by atoms with Gasteiger partial charge in [-0.1, -0.05) is 17.2 Å². The second kappa shape index (κ2) is 7.12. The molecule has 2 aromatic carbocycles. The van der Waals surface area contributed by atoms with E-state index in [1.54, 1.807) is 17.6 Å². The van der Waals surface area contributed by atoms with E-state index >= 15 is 0 Å². The highest BCUT2D eigenvalue weighted by molar-refractivity contribution is 7.16. The maximum absolute atomic E-state index is 13.1. The average Bonchev–Trinajstić information content (AvgIpc) is 3.04. The number of fused-ring (bicyclic) bond motifs is 1. The first-order chi connectivity index (χ1) is 12.6. The SMILES string of the molecule is Cc1cc(C)cc(C(=O)N(NC(=O)c2ccc3ncsc3c2)C(C)(C)C)c1.